The van der Waals surface area contributed by atoms with Crippen molar-refractivity contribution in [3.63, 3.8) is 0 Å². The highest BCUT2D eigenvalue weighted by Gasteiger charge is 2.45. The number of hydrogen-bond donors (Lipinski definition) is 1. The van der Waals surface area contributed by atoms with Gasteiger partial charge in [-0.2, -0.15) is 11.8 Å². The molecule has 1 unspecified atom stereocenters. The summed E-state index contributed by atoms with van der Waals surface area (Å²) in [7, 11) is 0. The molecule has 3 aliphatic rings. The number of alkyl halides is 2. The Labute approximate surface area is 149 Å². The first-order valence-corrected chi connectivity index (χ1v) is 9.81. The van der Waals surface area contributed by atoms with Crippen LogP contribution in [0.15, 0.2) is 12.1 Å². The number of nitrogens with one attached hydrogen (secondary N) is 1. The second-order valence-corrected chi connectivity index (χ2v) is 8.17. The number of carbonyl (C=O) groups excluding carboxylic acids is 1. The van der Waals surface area contributed by atoms with Gasteiger partial charge in [0.25, 0.3) is 11.8 Å². The Kier molecular flexibility index (Phi) is 4.47. The maximum absolute atomic E-state index is 13.2. The average Bonchev–Trinajstić information content (AvgIpc) is 3.25. The number of amides is 1. The number of rotatable bonds is 6. The second kappa shape index (κ2) is 6.63. The van der Waals surface area contributed by atoms with Gasteiger partial charge in [0.1, 0.15) is 11.4 Å². The van der Waals surface area contributed by atoms with E-state index in [2.05, 4.69) is 10.3 Å². The van der Waals surface area contributed by atoms with Crippen molar-refractivity contribution in [1.82, 2.24) is 10.3 Å². The highest BCUT2D eigenvalue weighted by molar-refractivity contribution is 7.99. The van der Waals surface area contributed by atoms with Gasteiger partial charge >= 0.3 is 0 Å². The van der Waals surface area contributed by atoms with Crippen LogP contribution in [0.3, 0.4) is 0 Å². The maximum atomic E-state index is 13.2. The third-order valence-corrected chi connectivity index (χ3v) is 5.84. The molecule has 1 aromatic rings. The zero-order valence-corrected chi connectivity index (χ0v) is 14.7. The molecule has 0 bridgehead atoms. The van der Waals surface area contributed by atoms with Crippen molar-refractivity contribution >= 4 is 23.4 Å². The third kappa shape index (κ3) is 3.99. The number of carbonyl (C=O) groups is 1. The lowest BCUT2D eigenvalue weighted by Crippen LogP contribution is -2.56. The van der Waals surface area contributed by atoms with E-state index in [0.29, 0.717) is 18.2 Å². The lowest BCUT2D eigenvalue weighted by Gasteiger charge is -2.40. The van der Waals surface area contributed by atoms with Gasteiger partial charge in [0.15, 0.2) is 0 Å². The molecule has 3 fully saturated rings. The van der Waals surface area contributed by atoms with Crippen molar-refractivity contribution in [2.24, 2.45) is 5.92 Å². The van der Waals surface area contributed by atoms with Crippen LogP contribution in [0.4, 0.5) is 14.5 Å². The molecule has 25 heavy (non-hydrogen) atoms. The van der Waals surface area contributed by atoms with Crippen molar-refractivity contribution in [2.75, 3.05) is 36.1 Å². The van der Waals surface area contributed by atoms with Gasteiger partial charge < -0.3 is 15.0 Å². The summed E-state index contributed by atoms with van der Waals surface area (Å²) in [5, 5.41) is 2.98. The minimum Gasteiger partial charge on any atom is -0.476 e. The summed E-state index contributed by atoms with van der Waals surface area (Å²) >= 11 is 1.82. The van der Waals surface area contributed by atoms with E-state index in [-0.39, 0.29) is 36.6 Å². The van der Waals surface area contributed by atoms with Crippen LogP contribution in [0.5, 0.6) is 5.88 Å². The van der Waals surface area contributed by atoms with E-state index in [1.807, 2.05) is 11.8 Å². The summed E-state index contributed by atoms with van der Waals surface area (Å²) in [6.07, 6.45) is 3.20. The van der Waals surface area contributed by atoms with Gasteiger partial charge in [0, 0.05) is 11.8 Å². The normalized spacial score (nSPS) is 24.7. The summed E-state index contributed by atoms with van der Waals surface area (Å²) in [4.78, 5) is 18.3. The van der Waals surface area contributed by atoms with Crippen LogP contribution in [-0.2, 0) is 0 Å². The number of anilines is 1. The van der Waals surface area contributed by atoms with Gasteiger partial charge in [-0.05, 0) is 43.1 Å². The number of ether oxygens (including phenoxy) is 1. The van der Waals surface area contributed by atoms with Crippen molar-refractivity contribution in [3.05, 3.63) is 17.8 Å². The predicted molar refractivity (Wildman–Crippen MR) is 92.8 cm³/mol. The molecule has 2 aliphatic heterocycles. The van der Waals surface area contributed by atoms with Gasteiger partial charge in [-0.3, -0.25) is 4.79 Å². The Hall–Kier alpha value is -1.57. The van der Waals surface area contributed by atoms with Gasteiger partial charge in [0.05, 0.1) is 19.7 Å². The van der Waals surface area contributed by atoms with E-state index >= 15 is 0 Å². The van der Waals surface area contributed by atoms with Crippen LogP contribution in [0.2, 0.25) is 0 Å². The molecule has 1 aromatic heterocycles. The largest absolute Gasteiger partial charge is 0.476 e. The lowest BCUT2D eigenvalue weighted by atomic mass is 10.1. The number of hydrogen-bond acceptors (Lipinski definition) is 5. The fourth-order valence-electron chi connectivity index (χ4n) is 2.98. The van der Waals surface area contributed by atoms with Gasteiger partial charge in [0.2, 0.25) is 5.88 Å². The van der Waals surface area contributed by atoms with Crippen LogP contribution in [0.1, 0.15) is 29.8 Å². The highest BCUT2D eigenvalue weighted by atomic mass is 32.2. The topological polar surface area (TPSA) is 54.5 Å². The molecule has 4 rings (SSSR count). The van der Waals surface area contributed by atoms with E-state index < -0.39 is 5.92 Å². The smallest absolute Gasteiger partial charge is 0.282 e. The summed E-state index contributed by atoms with van der Waals surface area (Å²) in [5.74, 6) is -0.127. The Morgan fingerprint density at radius 1 is 1.36 bits per heavy atom. The molecule has 1 atom stereocenters. The molecule has 3 heterocycles. The fraction of sp³-hybridized carbons (Fsp3) is 0.647. The molecule has 1 aliphatic carbocycles. The van der Waals surface area contributed by atoms with E-state index in [4.69, 9.17) is 4.74 Å². The lowest BCUT2D eigenvalue weighted by molar-refractivity contribution is -0.0265. The average molecular weight is 369 g/mol. The monoisotopic (exact) mass is 369 g/mol. The molecule has 0 radical (unpaired) electrons. The van der Waals surface area contributed by atoms with Crippen molar-refractivity contribution in [3.8, 4) is 5.88 Å². The van der Waals surface area contributed by atoms with Crippen molar-refractivity contribution in [1.29, 1.82) is 0 Å². The molecular weight excluding hydrogens is 348 g/mol. The van der Waals surface area contributed by atoms with Crippen LogP contribution in [0, 0.1) is 5.92 Å². The molecular formula is C17H21F2N3O2S. The SMILES string of the molecule is O=C(NC1CCSC1)c1ccc(N2CC(F)(F)C2)c(OCC2CC2)n1. The molecule has 1 saturated carbocycles. The van der Waals surface area contributed by atoms with Crippen LogP contribution in [-0.4, -0.2) is 54.1 Å². The summed E-state index contributed by atoms with van der Waals surface area (Å²) in [6, 6.07) is 3.43. The van der Waals surface area contributed by atoms with Crippen molar-refractivity contribution in [2.45, 2.75) is 31.2 Å². The molecule has 8 heteroatoms. The summed E-state index contributed by atoms with van der Waals surface area (Å²) in [5.41, 5.74) is 0.818. The van der Waals surface area contributed by atoms with Crippen LogP contribution >= 0.6 is 11.8 Å². The first-order chi connectivity index (χ1) is 12.0. The minimum absolute atomic E-state index is 0.170. The maximum Gasteiger partial charge on any atom is 0.282 e. The zero-order chi connectivity index (χ0) is 17.4. The summed E-state index contributed by atoms with van der Waals surface area (Å²) in [6.45, 7) is -0.146. The predicted octanol–water partition coefficient (Wildman–Crippen LogP) is 2.56. The number of nitrogens with zero attached hydrogens (tertiary/aromatic N) is 2. The number of thioether (sulfide) groups is 1. The number of pyridine rings is 1. The molecule has 2 saturated heterocycles. The Balaban J connectivity index is 1.49. The second-order valence-electron chi connectivity index (χ2n) is 7.02. The highest BCUT2D eigenvalue weighted by Crippen LogP contribution is 2.38. The Bertz CT molecular complexity index is 655. The molecule has 136 valence electrons. The first-order valence-electron chi connectivity index (χ1n) is 8.65. The molecule has 1 N–H and O–H groups in total. The van der Waals surface area contributed by atoms with E-state index in [1.165, 1.54) is 0 Å². The standard InChI is InChI=1S/C17H21F2N3O2S/c18-17(19)9-22(10-17)14-4-3-13(15(23)20-12-5-6-25-8-12)21-16(14)24-7-11-1-2-11/h3-4,11-12H,1-2,5-10H2,(H,20,23). The number of halogens is 2. The van der Waals surface area contributed by atoms with Gasteiger partial charge in [-0.1, -0.05) is 0 Å². The van der Waals surface area contributed by atoms with E-state index in [9.17, 15) is 13.6 Å². The molecule has 5 nitrogen and oxygen atoms in total. The Morgan fingerprint density at radius 2 is 2.16 bits per heavy atom. The molecule has 1 amide bonds. The Morgan fingerprint density at radius 3 is 2.80 bits per heavy atom. The van der Waals surface area contributed by atoms with Gasteiger partial charge in [-0.25, -0.2) is 13.8 Å². The zero-order valence-electron chi connectivity index (χ0n) is 13.8. The van der Waals surface area contributed by atoms with Crippen LogP contribution < -0.4 is 15.0 Å². The number of aromatic nitrogens is 1. The van der Waals surface area contributed by atoms with Crippen molar-refractivity contribution < 1.29 is 18.3 Å². The van der Waals surface area contributed by atoms with Gasteiger partial charge in [-0.15, -0.1) is 0 Å². The molecule has 0 spiro atoms. The third-order valence-electron chi connectivity index (χ3n) is 4.68. The quantitative estimate of drug-likeness (QED) is 0.835. The first kappa shape index (κ1) is 16.9. The molecule has 0 aromatic carbocycles. The summed E-state index contributed by atoms with van der Waals surface area (Å²) < 4.78 is 32.2. The van der Waals surface area contributed by atoms with E-state index in [0.717, 1.165) is 30.8 Å². The minimum atomic E-state index is -2.66. The van der Waals surface area contributed by atoms with E-state index in [1.54, 1.807) is 17.0 Å². The fourth-order valence-corrected chi connectivity index (χ4v) is 4.13. The van der Waals surface area contributed by atoms with Crippen LogP contribution in [0.25, 0.3) is 0 Å².